The van der Waals surface area contributed by atoms with E-state index >= 15 is 0 Å². The van der Waals surface area contributed by atoms with Gasteiger partial charge < -0.3 is 10.2 Å². The van der Waals surface area contributed by atoms with Crippen LogP contribution in [0, 0.1) is 6.92 Å². The van der Waals surface area contributed by atoms with E-state index in [9.17, 15) is 9.59 Å². The van der Waals surface area contributed by atoms with Crippen LogP contribution in [0.4, 0.5) is 11.4 Å². The van der Waals surface area contributed by atoms with Crippen molar-refractivity contribution in [3.63, 3.8) is 0 Å². The van der Waals surface area contributed by atoms with Gasteiger partial charge in [0.2, 0.25) is 5.91 Å². The van der Waals surface area contributed by atoms with Crippen molar-refractivity contribution in [2.75, 3.05) is 17.3 Å². The molecule has 2 amide bonds. The number of hydrogen-bond acceptors (Lipinski definition) is 2. The second kappa shape index (κ2) is 6.22. The maximum atomic E-state index is 12.4. The summed E-state index contributed by atoms with van der Waals surface area (Å²) in [7, 11) is 1.75. The molecule has 0 fully saturated rings. The largest absolute Gasteiger partial charge is 0.326 e. The second-order valence-electron chi connectivity index (χ2n) is 4.96. The van der Waals surface area contributed by atoms with Crippen molar-refractivity contribution in [2.45, 2.75) is 13.8 Å². The molecule has 4 nitrogen and oxygen atoms in total. The van der Waals surface area contributed by atoms with Crippen LogP contribution >= 0.6 is 0 Å². The van der Waals surface area contributed by atoms with Crippen molar-refractivity contribution in [3.8, 4) is 0 Å². The molecule has 0 saturated heterocycles. The molecular weight excluding hydrogens is 264 g/mol. The molecule has 0 saturated carbocycles. The fourth-order valence-corrected chi connectivity index (χ4v) is 2.05. The zero-order valence-corrected chi connectivity index (χ0v) is 12.4. The molecule has 0 heterocycles. The van der Waals surface area contributed by atoms with Crippen LogP contribution in [0.1, 0.15) is 22.8 Å². The van der Waals surface area contributed by atoms with E-state index in [1.165, 1.54) is 6.92 Å². The third-order valence-corrected chi connectivity index (χ3v) is 3.15. The summed E-state index contributed by atoms with van der Waals surface area (Å²) in [6.07, 6.45) is 0. The molecule has 0 bridgehead atoms. The van der Waals surface area contributed by atoms with E-state index in [4.69, 9.17) is 0 Å². The summed E-state index contributed by atoms with van der Waals surface area (Å²) in [6.45, 7) is 3.44. The van der Waals surface area contributed by atoms with Gasteiger partial charge in [-0.3, -0.25) is 9.59 Å². The first-order chi connectivity index (χ1) is 9.97. The lowest BCUT2D eigenvalue weighted by Crippen LogP contribution is -2.26. The van der Waals surface area contributed by atoms with Gasteiger partial charge in [-0.2, -0.15) is 0 Å². The normalized spacial score (nSPS) is 10.0. The summed E-state index contributed by atoms with van der Waals surface area (Å²) in [5.41, 5.74) is 3.21. The van der Waals surface area contributed by atoms with Crippen LogP contribution in [0.2, 0.25) is 0 Å². The minimum absolute atomic E-state index is 0.0880. The molecule has 2 rings (SSSR count). The third-order valence-electron chi connectivity index (χ3n) is 3.15. The Labute approximate surface area is 124 Å². The predicted molar refractivity (Wildman–Crippen MR) is 84.7 cm³/mol. The zero-order chi connectivity index (χ0) is 15.4. The highest BCUT2D eigenvalue weighted by atomic mass is 16.2. The molecule has 4 heteroatoms. The van der Waals surface area contributed by atoms with Gasteiger partial charge in [-0.15, -0.1) is 0 Å². The van der Waals surface area contributed by atoms with E-state index < -0.39 is 0 Å². The fraction of sp³-hybridized carbons (Fsp3) is 0.176. The van der Waals surface area contributed by atoms with Crippen molar-refractivity contribution < 1.29 is 9.59 Å². The number of carbonyl (C=O) groups excluding carboxylic acids is 2. The Kier molecular flexibility index (Phi) is 4.38. The van der Waals surface area contributed by atoms with E-state index in [1.54, 1.807) is 36.2 Å². The van der Waals surface area contributed by atoms with E-state index in [0.29, 0.717) is 11.3 Å². The number of hydrogen-bond donors (Lipinski definition) is 1. The Balaban J connectivity index is 2.17. The quantitative estimate of drug-likeness (QED) is 0.939. The van der Waals surface area contributed by atoms with Gasteiger partial charge in [0.15, 0.2) is 0 Å². The summed E-state index contributed by atoms with van der Waals surface area (Å²) >= 11 is 0. The van der Waals surface area contributed by atoms with Crippen LogP contribution in [0.25, 0.3) is 0 Å². The maximum absolute atomic E-state index is 12.4. The second-order valence-corrected chi connectivity index (χ2v) is 4.96. The molecule has 0 aliphatic heterocycles. The van der Waals surface area contributed by atoms with Crippen molar-refractivity contribution in [1.82, 2.24) is 0 Å². The van der Waals surface area contributed by atoms with Gasteiger partial charge in [-0.25, -0.2) is 0 Å². The monoisotopic (exact) mass is 282 g/mol. The number of benzene rings is 2. The van der Waals surface area contributed by atoms with Gasteiger partial charge in [0.05, 0.1) is 0 Å². The number of rotatable bonds is 3. The Morgan fingerprint density at radius 1 is 1.05 bits per heavy atom. The van der Waals surface area contributed by atoms with E-state index in [-0.39, 0.29) is 11.8 Å². The van der Waals surface area contributed by atoms with Crippen LogP contribution in [0.5, 0.6) is 0 Å². The molecule has 0 unspecified atom stereocenters. The minimum atomic E-state index is -0.133. The average molecular weight is 282 g/mol. The summed E-state index contributed by atoms with van der Waals surface area (Å²) in [4.78, 5) is 25.0. The summed E-state index contributed by atoms with van der Waals surface area (Å²) in [6, 6.07) is 14.6. The van der Waals surface area contributed by atoms with Crippen molar-refractivity contribution in [3.05, 3.63) is 59.7 Å². The van der Waals surface area contributed by atoms with Crippen LogP contribution in [0.15, 0.2) is 48.5 Å². The maximum Gasteiger partial charge on any atom is 0.258 e. The molecule has 0 aromatic heterocycles. The molecule has 0 aliphatic carbocycles. The lowest BCUT2D eigenvalue weighted by atomic mass is 10.1. The molecule has 21 heavy (non-hydrogen) atoms. The minimum Gasteiger partial charge on any atom is -0.326 e. The average Bonchev–Trinajstić information content (AvgIpc) is 2.46. The number of carbonyl (C=O) groups is 2. The molecule has 1 N–H and O–H groups in total. The van der Waals surface area contributed by atoms with Crippen LogP contribution in [-0.4, -0.2) is 18.9 Å². The molecule has 2 aromatic rings. The van der Waals surface area contributed by atoms with Gasteiger partial charge in [-0.05, 0) is 48.9 Å². The lowest BCUT2D eigenvalue weighted by Gasteiger charge is -2.18. The molecule has 0 aliphatic rings. The molecule has 108 valence electrons. The molecule has 2 aromatic carbocycles. The molecule has 0 spiro atoms. The smallest absolute Gasteiger partial charge is 0.258 e. The van der Waals surface area contributed by atoms with Crippen LogP contribution < -0.4 is 10.2 Å². The summed E-state index contributed by atoms with van der Waals surface area (Å²) in [5.74, 6) is -0.221. The Morgan fingerprint density at radius 2 is 1.71 bits per heavy atom. The predicted octanol–water partition coefficient (Wildman–Crippen LogP) is 3.23. The van der Waals surface area contributed by atoms with Crippen LogP contribution in [-0.2, 0) is 4.79 Å². The molecule has 0 radical (unpaired) electrons. The highest BCUT2D eigenvalue weighted by Gasteiger charge is 2.13. The highest BCUT2D eigenvalue weighted by Crippen LogP contribution is 2.18. The zero-order valence-electron chi connectivity index (χ0n) is 12.4. The van der Waals surface area contributed by atoms with Crippen molar-refractivity contribution in [2.24, 2.45) is 0 Å². The SMILES string of the molecule is CC(=O)Nc1ccc(C(=O)N(C)c2cccc(C)c2)cc1. The first-order valence-electron chi connectivity index (χ1n) is 6.70. The number of nitrogens with zero attached hydrogens (tertiary/aromatic N) is 1. The molecule has 0 atom stereocenters. The number of nitrogens with one attached hydrogen (secondary N) is 1. The Hall–Kier alpha value is -2.62. The summed E-state index contributed by atoms with van der Waals surface area (Å²) < 4.78 is 0. The Morgan fingerprint density at radius 3 is 2.29 bits per heavy atom. The van der Waals surface area contributed by atoms with E-state index in [2.05, 4.69) is 5.32 Å². The van der Waals surface area contributed by atoms with Crippen LogP contribution in [0.3, 0.4) is 0 Å². The van der Waals surface area contributed by atoms with Gasteiger partial charge in [0, 0.05) is 30.9 Å². The summed E-state index contributed by atoms with van der Waals surface area (Å²) in [5, 5.41) is 2.68. The number of amides is 2. The number of aryl methyl sites for hydroxylation is 1. The Bertz CT molecular complexity index is 663. The lowest BCUT2D eigenvalue weighted by molar-refractivity contribution is -0.114. The van der Waals surface area contributed by atoms with Gasteiger partial charge in [0.1, 0.15) is 0 Å². The fourth-order valence-electron chi connectivity index (χ4n) is 2.05. The first kappa shape index (κ1) is 14.8. The number of anilines is 2. The highest BCUT2D eigenvalue weighted by molar-refractivity contribution is 6.06. The third kappa shape index (κ3) is 3.69. The standard InChI is InChI=1S/C17H18N2O2/c1-12-5-4-6-16(11-12)19(3)17(21)14-7-9-15(10-8-14)18-13(2)20/h4-11H,1-3H3,(H,18,20). The van der Waals surface area contributed by atoms with Crippen molar-refractivity contribution >= 4 is 23.2 Å². The van der Waals surface area contributed by atoms with Crippen molar-refractivity contribution in [1.29, 1.82) is 0 Å². The van der Waals surface area contributed by atoms with Gasteiger partial charge >= 0.3 is 0 Å². The van der Waals surface area contributed by atoms with E-state index in [1.807, 2.05) is 31.2 Å². The topological polar surface area (TPSA) is 49.4 Å². The van der Waals surface area contributed by atoms with E-state index in [0.717, 1.165) is 11.3 Å². The van der Waals surface area contributed by atoms with Gasteiger partial charge in [-0.1, -0.05) is 12.1 Å². The first-order valence-corrected chi connectivity index (χ1v) is 6.70. The van der Waals surface area contributed by atoms with Gasteiger partial charge in [0.25, 0.3) is 5.91 Å². The molecular formula is C17H18N2O2.